The van der Waals surface area contributed by atoms with Crippen molar-refractivity contribution < 1.29 is 8.42 Å². The van der Waals surface area contributed by atoms with Crippen LogP contribution in [0.3, 0.4) is 0 Å². The Hall–Kier alpha value is -2.48. The first kappa shape index (κ1) is 16.0. The number of para-hydroxylation sites is 1. The topological polar surface area (TPSA) is 89.8 Å². The Kier molecular flexibility index (Phi) is 4.12. The summed E-state index contributed by atoms with van der Waals surface area (Å²) in [7, 11) is -2.83. The highest BCUT2D eigenvalue weighted by Crippen LogP contribution is 2.23. The Morgan fingerprint density at radius 3 is 2.64 bits per heavy atom. The third kappa shape index (κ3) is 3.34. The number of aromatic nitrogens is 4. The highest BCUT2D eigenvalue weighted by Gasteiger charge is 2.23. The summed E-state index contributed by atoms with van der Waals surface area (Å²) in [5.41, 5.74) is 1.69. The summed E-state index contributed by atoms with van der Waals surface area (Å²) in [6.45, 7) is 0.706. The van der Waals surface area contributed by atoms with Crippen LogP contribution in [0.4, 0.5) is 5.82 Å². The van der Waals surface area contributed by atoms with Crippen LogP contribution >= 0.6 is 0 Å². The average Bonchev–Trinajstić information content (AvgIpc) is 3.06. The largest absolute Gasteiger partial charge is 0.369 e. The van der Waals surface area contributed by atoms with Crippen LogP contribution in [0, 0.1) is 5.92 Å². The second-order valence-corrected chi connectivity index (χ2v) is 8.63. The fourth-order valence-electron chi connectivity index (χ4n) is 3.13. The standard InChI is InChI=1S/C17H19N5O2S/c23-25(24)8-6-13(7-9-25)10-18-16-15-11-21-22(17(15)20-12-19-16)14-4-2-1-3-5-14/h1-5,11-13H,6-10H2,(H,18,19,20). The summed E-state index contributed by atoms with van der Waals surface area (Å²) in [4.78, 5) is 8.70. The molecule has 25 heavy (non-hydrogen) atoms. The summed E-state index contributed by atoms with van der Waals surface area (Å²) in [5.74, 6) is 1.65. The van der Waals surface area contributed by atoms with Crippen molar-refractivity contribution in [3.8, 4) is 5.69 Å². The monoisotopic (exact) mass is 357 g/mol. The number of rotatable bonds is 4. The van der Waals surface area contributed by atoms with Crippen LogP contribution in [0.5, 0.6) is 0 Å². The van der Waals surface area contributed by atoms with Crippen LogP contribution in [0.2, 0.25) is 0 Å². The van der Waals surface area contributed by atoms with Gasteiger partial charge in [-0.15, -0.1) is 0 Å². The third-order valence-electron chi connectivity index (χ3n) is 4.60. The molecular weight excluding hydrogens is 338 g/mol. The van der Waals surface area contributed by atoms with E-state index in [0.29, 0.717) is 25.3 Å². The van der Waals surface area contributed by atoms with Crippen molar-refractivity contribution in [3.05, 3.63) is 42.9 Å². The number of nitrogens with one attached hydrogen (secondary N) is 1. The molecule has 0 aliphatic carbocycles. The van der Waals surface area contributed by atoms with E-state index in [0.717, 1.165) is 22.5 Å². The highest BCUT2D eigenvalue weighted by atomic mass is 32.2. The van der Waals surface area contributed by atoms with Crippen LogP contribution in [0.1, 0.15) is 12.8 Å². The Morgan fingerprint density at radius 1 is 1.12 bits per heavy atom. The lowest BCUT2D eigenvalue weighted by atomic mass is 10.0. The first-order valence-electron chi connectivity index (χ1n) is 8.31. The van der Waals surface area contributed by atoms with Crippen molar-refractivity contribution in [2.75, 3.05) is 23.4 Å². The molecule has 1 aliphatic rings. The molecule has 0 radical (unpaired) electrons. The quantitative estimate of drug-likeness (QED) is 0.769. The lowest BCUT2D eigenvalue weighted by molar-refractivity contribution is 0.484. The second kappa shape index (κ2) is 6.44. The lowest BCUT2D eigenvalue weighted by Crippen LogP contribution is -2.27. The maximum atomic E-state index is 11.5. The van der Waals surface area contributed by atoms with E-state index in [1.54, 1.807) is 10.9 Å². The number of hydrogen-bond donors (Lipinski definition) is 1. The van der Waals surface area contributed by atoms with Gasteiger partial charge in [-0.05, 0) is 30.9 Å². The minimum atomic E-state index is -2.83. The van der Waals surface area contributed by atoms with Crippen LogP contribution < -0.4 is 5.32 Å². The van der Waals surface area contributed by atoms with Gasteiger partial charge in [0, 0.05) is 6.54 Å². The normalized spacial score (nSPS) is 17.6. The fourth-order valence-corrected chi connectivity index (χ4v) is 4.72. The zero-order valence-corrected chi connectivity index (χ0v) is 14.5. The van der Waals surface area contributed by atoms with Crippen molar-refractivity contribution in [2.45, 2.75) is 12.8 Å². The molecule has 0 saturated carbocycles. The average molecular weight is 357 g/mol. The predicted octanol–water partition coefficient (Wildman–Crippen LogP) is 2.05. The molecule has 1 saturated heterocycles. The Morgan fingerprint density at radius 2 is 1.88 bits per heavy atom. The predicted molar refractivity (Wildman–Crippen MR) is 96.5 cm³/mol. The van der Waals surface area contributed by atoms with Crippen molar-refractivity contribution in [2.24, 2.45) is 5.92 Å². The Labute approximate surface area is 146 Å². The van der Waals surface area contributed by atoms with Crippen LogP contribution in [-0.2, 0) is 9.84 Å². The summed E-state index contributed by atoms with van der Waals surface area (Å²) < 4.78 is 24.8. The molecule has 3 heterocycles. The molecule has 130 valence electrons. The van der Waals surface area contributed by atoms with Gasteiger partial charge in [0.05, 0.1) is 28.8 Å². The second-order valence-electron chi connectivity index (χ2n) is 6.33. The molecule has 1 aromatic carbocycles. The molecule has 8 heteroatoms. The van der Waals surface area contributed by atoms with Crippen molar-refractivity contribution in [1.29, 1.82) is 0 Å². The zero-order chi connectivity index (χ0) is 17.3. The van der Waals surface area contributed by atoms with E-state index in [1.807, 2.05) is 30.3 Å². The zero-order valence-electron chi connectivity index (χ0n) is 13.7. The lowest BCUT2D eigenvalue weighted by Gasteiger charge is -2.22. The summed E-state index contributed by atoms with van der Waals surface area (Å²) in [5, 5.41) is 8.64. The molecule has 0 spiro atoms. The minimum Gasteiger partial charge on any atom is -0.369 e. The molecule has 0 bridgehead atoms. The van der Waals surface area contributed by atoms with Gasteiger partial charge in [0.25, 0.3) is 0 Å². The van der Waals surface area contributed by atoms with E-state index in [2.05, 4.69) is 20.4 Å². The van der Waals surface area contributed by atoms with Gasteiger partial charge in [-0.25, -0.2) is 23.1 Å². The highest BCUT2D eigenvalue weighted by molar-refractivity contribution is 7.91. The van der Waals surface area contributed by atoms with Crippen molar-refractivity contribution in [1.82, 2.24) is 19.7 Å². The van der Waals surface area contributed by atoms with Gasteiger partial charge in [-0.1, -0.05) is 18.2 Å². The molecule has 1 N–H and O–H groups in total. The minimum absolute atomic E-state index is 0.282. The number of fused-ring (bicyclic) bond motifs is 1. The summed E-state index contributed by atoms with van der Waals surface area (Å²) >= 11 is 0. The molecule has 1 aliphatic heterocycles. The molecule has 3 aromatic rings. The van der Waals surface area contributed by atoms with E-state index in [4.69, 9.17) is 0 Å². The number of hydrogen-bond acceptors (Lipinski definition) is 6. The van der Waals surface area contributed by atoms with Gasteiger partial charge in [0.1, 0.15) is 22.0 Å². The van der Waals surface area contributed by atoms with E-state index in [9.17, 15) is 8.42 Å². The van der Waals surface area contributed by atoms with Gasteiger partial charge < -0.3 is 5.32 Å². The number of benzene rings is 1. The van der Waals surface area contributed by atoms with E-state index < -0.39 is 9.84 Å². The molecular formula is C17H19N5O2S. The molecule has 4 rings (SSSR count). The Balaban J connectivity index is 1.54. The van der Waals surface area contributed by atoms with Crippen molar-refractivity contribution >= 4 is 26.7 Å². The molecule has 0 amide bonds. The first-order chi connectivity index (χ1) is 12.1. The first-order valence-corrected chi connectivity index (χ1v) is 10.1. The molecule has 0 atom stereocenters. The molecule has 1 fully saturated rings. The van der Waals surface area contributed by atoms with Crippen molar-refractivity contribution in [3.63, 3.8) is 0 Å². The van der Waals surface area contributed by atoms with Gasteiger partial charge in [-0.2, -0.15) is 5.10 Å². The maximum absolute atomic E-state index is 11.5. The number of anilines is 1. The number of nitrogens with zero attached hydrogens (tertiary/aromatic N) is 4. The van der Waals surface area contributed by atoms with Gasteiger partial charge in [0.2, 0.25) is 0 Å². The van der Waals surface area contributed by atoms with Gasteiger partial charge in [0.15, 0.2) is 5.65 Å². The smallest absolute Gasteiger partial charge is 0.168 e. The third-order valence-corrected chi connectivity index (χ3v) is 6.31. The van der Waals surface area contributed by atoms with Crippen LogP contribution in [0.15, 0.2) is 42.9 Å². The van der Waals surface area contributed by atoms with Gasteiger partial charge >= 0.3 is 0 Å². The van der Waals surface area contributed by atoms with E-state index in [1.165, 1.54) is 6.33 Å². The molecule has 2 aromatic heterocycles. The summed E-state index contributed by atoms with van der Waals surface area (Å²) in [6, 6.07) is 9.83. The van der Waals surface area contributed by atoms with E-state index in [-0.39, 0.29) is 11.5 Å². The van der Waals surface area contributed by atoms with E-state index >= 15 is 0 Å². The van der Waals surface area contributed by atoms with Crippen LogP contribution in [0.25, 0.3) is 16.7 Å². The fraction of sp³-hybridized carbons (Fsp3) is 0.353. The molecule has 7 nitrogen and oxygen atoms in total. The Bertz CT molecular complexity index is 971. The SMILES string of the molecule is O=S1(=O)CCC(CNc2ncnc3c2cnn3-c2ccccc2)CC1. The maximum Gasteiger partial charge on any atom is 0.168 e. The number of sulfone groups is 1. The van der Waals surface area contributed by atoms with Crippen LogP contribution in [-0.4, -0.2) is 46.2 Å². The van der Waals surface area contributed by atoms with Gasteiger partial charge in [-0.3, -0.25) is 0 Å². The summed E-state index contributed by atoms with van der Waals surface area (Å²) in [6.07, 6.45) is 4.69. The molecule has 0 unspecified atom stereocenters.